The van der Waals surface area contributed by atoms with Crippen LogP contribution in [-0.2, 0) is 0 Å². The van der Waals surface area contributed by atoms with Crippen molar-refractivity contribution < 1.29 is 0 Å². The second-order valence-electron chi connectivity index (χ2n) is 3.60. The average molecular weight is 156 g/mol. The molecule has 0 amide bonds. The van der Waals surface area contributed by atoms with Gasteiger partial charge in [-0.3, -0.25) is 0 Å². The standard InChI is InChI=1S/C9H16S/c1-2-4-8-6-7-10-9(8)5-3-1/h8-9H,1-7H2. The minimum atomic E-state index is 1.07. The Morgan fingerprint density at radius 3 is 2.80 bits per heavy atom. The van der Waals surface area contributed by atoms with Crippen molar-refractivity contribution in [1.82, 2.24) is 0 Å². The molecule has 0 aromatic carbocycles. The Morgan fingerprint density at radius 1 is 0.900 bits per heavy atom. The van der Waals surface area contributed by atoms with Crippen LogP contribution in [0.15, 0.2) is 0 Å². The highest BCUT2D eigenvalue weighted by Crippen LogP contribution is 2.40. The monoisotopic (exact) mass is 156 g/mol. The van der Waals surface area contributed by atoms with Crippen molar-refractivity contribution in [2.24, 2.45) is 5.92 Å². The first kappa shape index (κ1) is 7.02. The number of thioether (sulfide) groups is 1. The van der Waals surface area contributed by atoms with Crippen LogP contribution in [0.1, 0.15) is 38.5 Å². The molecule has 58 valence electrons. The lowest BCUT2D eigenvalue weighted by Crippen LogP contribution is -2.08. The molecule has 1 saturated heterocycles. The third kappa shape index (κ3) is 1.34. The molecule has 1 aliphatic heterocycles. The summed E-state index contributed by atoms with van der Waals surface area (Å²) in [6, 6.07) is 0. The quantitative estimate of drug-likeness (QED) is 0.519. The Bertz CT molecular complexity index is 99.3. The largest absolute Gasteiger partial charge is 0.158 e. The van der Waals surface area contributed by atoms with Crippen molar-refractivity contribution in [2.75, 3.05) is 5.75 Å². The van der Waals surface area contributed by atoms with Gasteiger partial charge in [-0.1, -0.05) is 19.3 Å². The highest BCUT2D eigenvalue weighted by molar-refractivity contribution is 8.00. The van der Waals surface area contributed by atoms with E-state index in [1.807, 2.05) is 0 Å². The van der Waals surface area contributed by atoms with Crippen molar-refractivity contribution in [1.29, 1.82) is 0 Å². The van der Waals surface area contributed by atoms with E-state index in [0.717, 1.165) is 11.2 Å². The molecule has 0 N–H and O–H groups in total. The zero-order valence-corrected chi connectivity index (χ0v) is 7.33. The predicted molar refractivity (Wildman–Crippen MR) is 47.4 cm³/mol. The SMILES string of the molecule is C1CCC2CCSC2CC1. The Balaban J connectivity index is 1.95. The molecule has 0 spiro atoms. The molecular formula is C9H16S. The molecule has 0 aromatic heterocycles. The van der Waals surface area contributed by atoms with Crippen molar-refractivity contribution >= 4 is 11.8 Å². The molecule has 1 heterocycles. The summed E-state index contributed by atoms with van der Waals surface area (Å²) in [6.45, 7) is 0. The van der Waals surface area contributed by atoms with Crippen LogP contribution in [0.5, 0.6) is 0 Å². The molecule has 0 aromatic rings. The molecule has 0 bridgehead atoms. The minimum absolute atomic E-state index is 1.07. The molecule has 0 nitrogen and oxygen atoms in total. The summed E-state index contributed by atoms with van der Waals surface area (Å²) in [5, 5.41) is 1.07. The fourth-order valence-corrected chi connectivity index (χ4v) is 3.89. The second-order valence-corrected chi connectivity index (χ2v) is 4.94. The first-order chi connectivity index (χ1) is 4.97. The molecule has 2 unspecified atom stereocenters. The van der Waals surface area contributed by atoms with E-state index in [1.54, 1.807) is 0 Å². The smallest absolute Gasteiger partial charge is 0.00756 e. The van der Waals surface area contributed by atoms with Crippen LogP contribution in [-0.4, -0.2) is 11.0 Å². The van der Waals surface area contributed by atoms with E-state index in [1.165, 1.54) is 44.3 Å². The van der Waals surface area contributed by atoms with E-state index in [9.17, 15) is 0 Å². The molecule has 2 fully saturated rings. The predicted octanol–water partition coefficient (Wildman–Crippen LogP) is 3.07. The molecule has 10 heavy (non-hydrogen) atoms. The van der Waals surface area contributed by atoms with E-state index in [-0.39, 0.29) is 0 Å². The third-order valence-corrected chi connectivity index (χ3v) is 4.43. The maximum absolute atomic E-state index is 2.24. The number of fused-ring (bicyclic) bond motifs is 1. The van der Waals surface area contributed by atoms with Gasteiger partial charge in [0, 0.05) is 5.25 Å². The second kappa shape index (κ2) is 3.17. The van der Waals surface area contributed by atoms with Crippen molar-refractivity contribution in [3.8, 4) is 0 Å². The zero-order valence-electron chi connectivity index (χ0n) is 6.51. The van der Waals surface area contributed by atoms with Gasteiger partial charge in [0.15, 0.2) is 0 Å². The van der Waals surface area contributed by atoms with Gasteiger partial charge in [-0.15, -0.1) is 0 Å². The van der Waals surface area contributed by atoms with Gasteiger partial charge in [-0.05, 0) is 30.9 Å². The van der Waals surface area contributed by atoms with Gasteiger partial charge in [-0.25, -0.2) is 0 Å². The Labute approximate surface area is 67.8 Å². The van der Waals surface area contributed by atoms with Gasteiger partial charge < -0.3 is 0 Å². The van der Waals surface area contributed by atoms with Crippen LogP contribution in [0, 0.1) is 5.92 Å². The average Bonchev–Trinajstić information content (AvgIpc) is 2.28. The van der Waals surface area contributed by atoms with Gasteiger partial charge in [-0.2, -0.15) is 11.8 Å². The van der Waals surface area contributed by atoms with Crippen LogP contribution in [0.4, 0.5) is 0 Å². The molecular weight excluding hydrogens is 140 g/mol. The van der Waals surface area contributed by atoms with E-state index in [4.69, 9.17) is 0 Å². The topological polar surface area (TPSA) is 0 Å². The van der Waals surface area contributed by atoms with E-state index in [2.05, 4.69) is 11.8 Å². The lowest BCUT2D eigenvalue weighted by atomic mass is 9.98. The van der Waals surface area contributed by atoms with Crippen molar-refractivity contribution in [3.05, 3.63) is 0 Å². The maximum Gasteiger partial charge on any atom is 0.00756 e. The van der Waals surface area contributed by atoms with Crippen molar-refractivity contribution in [2.45, 2.75) is 43.8 Å². The first-order valence-corrected chi connectivity index (χ1v) is 5.63. The molecule has 0 radical (unpaired) electrons. The minimum Gasteiger partial charge on any atom is -0.158 e. The molecule has 1 saturated carbocycles. The van der Waals surface area contributed by atoms with Crippen LogP contribution in [0.3, 0.4) is 0 Å². The van der Waals surface area contributed by atoms with E-state index in [0.29, 0.717) is 0 Å². The number of hydrogen-bond acceptors (Lipinski definition) is 1. The highest BCUT2D eigenvalue weighted by Gasteiger charge is 2.28. The Morgan fingerprint density at radius 2 is 1.80 bits per heavy atom. The van der Waals surface area contributed by atoms with Gasteiger partial charge >= 0.3 is 0 Å². The highest BCUT2D eigenvalue weighted by atomic mass is 32.2. The first-order valence-electron chi connectivity index (χ1n) is 4.58. The summed E-state index contributed by atoms with van der Waals surface area (Å²) in [5.74, 6) is 2.57. The fraction of sp³-hybridized carbons (Fsp3) is 1.00. The summed E-state index contributed by atoms with van der Waals surface area (Å²) in [7, 11) is 0. The van der Waals surface area contributed by atoms with E-state index >= 15 is 0 Å². The lowest BCUT2D eigenvalue weighted by molar-refractivity contribution is 0.482. The third-order valence-electron chi connectivity index (χ3n) is 2.91. The van der Waals surface area contributed by atoms with Crippen LogP contribution in [0.2, 0.25) is 0 Å². The van der Waals surface area contributed by atoms with Crippen LogP contribution < -0.4 is 0 Å². The summed E-state index contributed by atoms with van der Waals surface area (Å²) in [6.07, 6.45) is 9.12. The Kier molecular flexibility index (Phi) is 2.22. The van der Waals surface area contributed by atoms with Crippen molar-refractivity contribution in [3.63, 3.8) is 0 Å². The number of rotatable bonds is 0. The summed E-state index contributed by atoms with van der Waals surface area (Å²) in [5.41, 5.74) is 0. The Hall–Kier alpha value is 0.350. The molecule has 2 atom stereocenters. The summed E-state index contributed by atoms with van der Waals surface area (Å²) < 4.78 is 0. The zero-order chi connectivity index (χ0) is 6.81. The van der Waals surface area contributed by atoms with Gasteiger partial charge in [0.2, 0.25) is 0 Å². The van der Waals surface area contributed by atoms with Gasteiger partial charge in [0.25, 0.3) is 0 Å². The normalized spacial score (nSPS) is 40.8. The lowest BCUT2D eigenvalue weighted by Gasteiger charge is -2.13. The van der Waals surface area contributed by atoms with E-state index < -0.39 is 0 Å². The van der Waals surface area contributed by atoms with Crippen LogP contribution in [0.25, 0.3) is 0 Å². The van der Waals surface area contributed by atoms with Gasteiger partial charge in [0.05, 0.1) is 0 Å². The molecule has 1 aliphatic carbocycles. The molecule has 2 aliphatic rings. The molecule has 2 rings (SSSR count). The summed E-state index contributed by atoms with van der Waals surface area (Å²) >= 11 is 2.24. The number of hydrogen-bond donors (Lipinski definition) is 0. The fourth-order valence-electron chi connectivity index (χ4n) is 2.27. The maximum atomic E-state index is 2.24. The van der Waals surface area contributed by atoms with Crippen LogP contribution >= 0.6 is 11.8 Å². The summed E-state index contributed by atoms with van der Waals surface area (Å²) in [4.78, 5) is 0. The molecule has 1 heteroatoms. The van der Waals surface area contributed by atoms with Gasteiger partial charge in [0.1, 0.15) is 0 Å².